The van der Waals surface area contributed by atoms with Gasteiger partial charge in [0.15, 0.2) is 0 Å². The predicted octanol–water partition coefficient (Wildman–Crippen LogP) is 0.125. The zero-order chi connectivity index (χ0) is 19.7. The van der Waals surface area contributed by atoms with Crippen LogP contribution >= 0.6 is 0 Å². The number of anilines is 1. The molecule has 0 saturated carbocycles. The summed E-state index contributed by atoms with van der Waals surface area (Å²) in [5.41, 5.74) is 2.46. The van der Waals surface area contributed by atoms with Gasteiger partial charge in [0.1, 0.15) is 0 Å². The average molecular weight is 359 g/mol. The third-order valence-electron chi connectivity index (χ3n) is 5.20. The first kappa shape index (κ1) is 15.1. The van der Waals surface area contributed by atoms with E-state index in [1.807, 2.05) is 18.2 Å². The molecule has 1 aromatic rings. The summed E-state index contributed by atoms with van der Waals surface area (Å²) in [5, 5.41) is 9.10. The molecule has 1 aromatic carbocycles. The van der Waals surface area contributed by atoms with Gasteiger partial charge in [-0.15, -0.1) is 0 Å². The lowest BCUT2D eigenvalue weighted by molar-refractivity contribution is -0.137. The smallest absolute Gasteiger partial charge is 0.243 e. The first-order chi connectivity index (χ1) is 13.5. The molecule has 2 fully saturated rings. The number of rotatable bonds is 5. The highest BCUT2D eigenvalue weighted by Crippen LogP contribution is 2.29. The molecule has 2 amide bonds. The number of amides is 2. The number of nitrogens with one attached hydrogen (secondary N) is 3. The van der Waals surface area contributed by atoms with Crippen LogP contribution < -0.4 is 16.0 Å². The van der Waals surface area contributed by atoms with Crippen LogP contribution in [0, 0.1) is 0 Å². The molecular weight excluding hydrogens is 330 g/mol. The maximum Gasteiger partial charge on any atom is 0.243 e. The summed E-state index contributed by atoms with van der Waals surface area (Å²) >= 11 is 0. The molecule has 0 spiro atoms. The molecule has 3 unspecified atom stereocenters. The summed E-state index contributed by atoms with van der Waals surface area (Å²) < 4.78 is 17.1. The number of carbonyl (C=O) groups is 2. The van der Waals surface area contributed by atoms with Crippen LogP contribution in [0.25, 0.3) is 0 Å². The van der Waals surface area contributed by atoms with Gasteiger partial charge in [0.25, 0.3) is 0 Å². The van der Waals surface area contributed by atoms with E-state index in [9.17, 15) is 9.59 Å². The number of hydrogen-bond donors (Lipinski definition) is 3. The van der Waals surface area contributed by atoms with E-state index in [0.717, 1.165) is 56.1 Å². The highest BCUT2D eigenvalue weighted by molar-refractivity contribution is 6.00. The van der Waals surface area contributed by atoms with Crippen molar-refractivity contribution in [2.24, 2.45) is 0 Å². The molecule has 0 bridgehead atoms. The highest BCUT2D eigenvalue weighted by Gasteiger charge is 2.34. The number of nitrogens with zero attached hydrogens (tertiary/aromatic N) is 2. The Morgan fingerprint density at radius 3 is 2.81 bits per heavy atom. The van der Waals surface area contributed by atoms with Gasteiger partial charge in [-0.25, -0.2) is 0 Å². The lowest BCUT2D eigenvalue weighted by atomic mass is 10.0. The summed E-state index contributed by atoms with van der Waals surface area (Å²) in [5.74, 6) is -0.676. The standard InChI is InChI=1S/C19H27N5O2/c25-18-4-3-17(19(26)22-18)24-12-14-1-2-16(11-15(14)13-24)21-7-10-23-8-5-20-6-9-23/h1-2,11,17,20-21H,3-10,12-13H2,(H,22,25,26)/i12D,13D. The van der Waals surface area contributed by atoms with Crippen LogP contribution in [0.4, 0.5) is 5.69 Å². The zero-order valence-corrected chi connectivity index (χ0v) is 14.8. The van der Waals surface area contributed by atoms with Crippen molar-refractivity contribution in [1.29, 1.82) is 0 Å². The van der Waals surface area contributed by atoms with E-state index in [2.05, 4.69) is 20.9 Å². The summed E-state index contributed by atoms with van der Waals surface area (Å²) in [6.07, 6.45) is 0.612. The Morgan fingerprint density at radius 1 is 1.19 bits per heavy atom. The zero-order valence-electron chi connectivity index (χ0n) is 16.8. The fourth-order valence-corrected chi connectivity index (χ4v) is 3.71. The second kappa shape index (κ2) is 7.73. The first-order valence-corrected chi connectivity index (χ1v) is 9.31. The second-order valence-electron chi connectivity index (χ2n) is 7.03. The van der Waals surface area contributed by atoms with Crippen molar-refractivity contribution in [3.05, 3.63) is 29.3 Å². The molecule has 4 rings (SSSR count). The van der Waals surface area contributed by atoms with Crippen LogP contribution in [0.3, 0.4) is 0 Å². The Balaban J connectivity index is 1.41. The molecule has 0 radical (unpaired) electrons. The Hall–Kier alpha value is -1.96. The van der Waals surface area contributed by atoms with Gasteiger partial charge in [0.2, 0.25) is 11.8 Å². The van der Waals surface area contributed by atoms with Crippen LogP contribution in [0.15, 0.2) is 18.2 Å². The Labute approximate surface area is 156 Å². The van der Waals surface area contributed by atoms with Crippen LogP contribution in [0.5, 0.6) is 0 Å². The molecule has 3 heterocycles. The molecule has 7 nitrogen and oxygen atoms in total. The van der Waals surface area contributed by atoms with E-state index in [-0.39, 0.29) is 12.3 Å². The van der Waals surface area contributed by atoms with Gasteiger partial charge in [-0.1, -0.05) is 6.07 Å². The molecule has 0 aromatic heterocycles. The minimum atomic E-state index is -0.781. The van der Waals surface area contributed by atoms with E-state index < -0.39 is 25.0 Å². The lowest BCUT2D eigenvalue weighted by Gasteiger charge is -2.29. The Bertz CT molecular complexity index is 756. The van der Waals surface area contributed by atoms with Crippen LogP contribution in [-0.4, -0.2) is 66.9 Å². The van der Waals surface area contributed by atoms with E-state index in [4.69, 9.17) is 2.74 Å². The number of piperazine rings is 1. The van der Waals surface area contributed by atoms with Crippen LogP contribution in [0.2, 0.25) is 0 Å². The number of imide groups is 1. The van der Waals surface area contributed by atoms with E-state index in [1.54, 1.807) is 4.90 Å². The van der Waals surface area contributed by atoms with E-state index >= 15 is 0 Å². The molecule has 3 aliphatic rings. The average Bonchev–Trinajstić information content (AvgIpc) is 2.93. The molecule has 0 aliphatic carbocycles. The number of benzene rings is 1. The van der Waals surface area contributed by atoms with Crippen molar-refractivity contribution in [2.75, 3.05) is 44.6 Å². The molecule has 2 saturated heterocycles. The third kappa shape index (κ3) is 3.90. The van der Waals surface area contributed by atoms with Crippen molar-refractivity contribution in [1.82, 2.24) is 20.4 Å². The van der Waals surface area contributed by atoms with Gasteiger partial charge in [0, 0.05) is 67.2 Å². The van der Waals surface area contributed by atoms with Crippen molar-refractivity contribution >= 4 is 17.5 Å². The normalized spacial score (nSPS) is 31.2. The SMILES string of the molecule is [2H]C1c2ccc(NCCN3CCNCC3)cc2C([2H])N1C1CCC(=O)NC1=O. The summed E-state index contributed by atoms with van der Waals surface area (Å²) in [6.45, 7) is 4.41. The largest absolute Gasteiger partial charge is 0.384 e. The number of hydrogen-bond acceptors (Lipinski definition) is 6. The van der Waals surface area contributed by atoms with Gasteiger partial charge in [-0.2, -0.15) is 0 Å². The van der Waals surface area contributed by atoms with E-state index in [0.29, 0.717) is 6.42 Å². The van der Waals surface area contributed by atoms with Gasteiger partial charge in [0.05, 0.1) is 6.04 Å². The number of piperidine rings is 1. The molecule has 3 atom stereocenters. The highest BCUT2D eigenvalue weighted by atomic mass is 16.2. The molecule has 7 heteroatoms. The minimum absolute atomic E-state index is 0.252. The monoisotopic (exact) mass is 359 g/mol. The van der Waals surface area contributed by atoms with Gasteiger partial charge in [-0.05, 0) is 29.7 Å². The maximum atomic E-state index is 12.2. The van der Waals surface area contributed by atoms with Crippen molar-refractivity contribution in [3.63, 3.8) is 0 Å². The van der Waals surface area contributed by atoms with Crippen LogP contribution in [0.1, 0.15) is 26.7 Å². The maximum absolute atomic E-state index is 12.2. The van der Waals surface area contributed by atoms with Gasteiger partial charge < -0.3 is 10.6 Å². The lowest BCUT2D eigenvalue weighted by Crippen LogP contribution is -2.50. The Kier molecular flexibility index (Phi) is 4.50. The minimum Gasteiger partial charge on any atom is -0.384 e. The van der Waals surface area contributed by atoms with Gasteiger partial charge >= 0.3 is 0 Å². The van der Waals surface area contributed by atoms with Crippen LogP contribution in [-0.2, 0) is 22.6 Å². The fourth-order valence-electron chi connectivity index (χ4n) is 3.71. The summed E-state index contributed by atoms with van der Waals surface area (Å²) in [4.78, 5) is 27.7. The number of fused-ring (bicyclic) bond motifs is 1. The quantitative estimate of drug-likeness (QED) is 0.649. The van der Waals surface area contributed by atoms with Gasteiger partial charge in [-0.3, -0.25) is 24.7 Å². The molecular formula is C19H27N5O2. The van der Waals surface area contributed by atoms with E-state index in [1.165, 1.54) is 0 Å². The fraction of sp³-hybridized carbons (Fsp3) is 0.579. The number of carbonyl (C=O) groups excluding carboxylic acids is 2. The van der Waals surface area contributed by atoms with Crippen molar-refractivity contribution in [2.45, 2.75) is 31.9 Å². The summed E-state index contributed by atoms with van der Waals surface area (Å²) in [7, 11) is 0. The predicted molar refractivity (Wildman–Crippen MR) is 99.7 cm³/mol. The molecule has 3 N–H and O–H groups in total. The topological polar surface area (TPSA) is 76.7 Å². The second-order valence-corrected chi connectivity index (χ2v) is 7.03. The first-order valence-electron chi connectivity index (χ1n) is 10.5. The molecule has 3 aliphatic heterocycles. The molecule has 26 heavy (non-hydrogen) atoms. The Morgan fingerprint density at radius 2 is 2.00 bits per heavy atom. The van der Waals surface area contributed by atoms with Crippen molar-refractivity contribution < 1.29 is 12.3 Å². The molecule has 140 valence electrons. The summed E-state index contributed by atoms with van der Waals surface area (Å²) in [6, 6.07) is 5.14. The third-order valence-corrected chi connectivity index (χ3v) is 5.20. The van der Waals surface area contributed by atoms with Crippen molar-refractivity contribution in [3.8, 4) is 0 Å².